The molecule has 4 heteroatoms. The van der Waals surface area contributed by atoms with Crippen LogP contribution in [-0.4, -0.2) is 29.4 Å². The Kier molecular flexibility index (Phi) is 2.33. The van der Waals surface area contributed by atoms with Crippen molar-refractivity contribution in [3.8, 4) is 0 Å². The molecule has 13 heavy (non-hydrogen) atoms. The highest BCUT2D eigenvalue weighted by Crippen LogP contribution is 2.16. The van der Waals surface area contributed by atoms with E-state index in [0.29, 0.717) is 6.04 Å². The number of hydrogen-bond acceptors (Lipinski definition) is 3. The zero-order chi connectivity index (χ0) is 9.26. The lowest BCUT2D eigenvalue weighted by Crippen LogP contribution is -2.42. The first-order chi connectivity index (χ1) is 6.29. The molecule has 1 unspecified atom stereocenters. The molecule has 0 bridgehead atoms. The van der Waals surface area contributed by atoms with Gasteiger partial charge in [0.25, 0.3) is 0 Å². The molecule has 1 aliphatic rings. The van der Waals surface area contributed by atoms with Gasteiger partial charge in [0.1, 0.15) is 0 Å². The van der Waals surface area contributed by atoms with Gasteiger partial charge in [0, 0.05) is 44.0 Å². The topological polar surface area (TPSA) is 41.9 Å². The molecule has 0 aromatic carbocycles. The number of nitrogens with one attached hydrogen (secondary N) is 2. The van der Waals surface area contributed by atoms with Crippen LogP contribution in [0.4, 0.5) is 0 Å². The highest BCUT2D eigenvalue weighted by atomic mass is 15.3. The van der Waals surface area contributed by atoms with Gasteiger partial charge in [0.15, 0.2) is 0 Å². The Hall–Kier alpha value is -0.870. The predicted octanol–water partition coefficient (Wildman–Crippen LogP) is -0.0376. The minimum Gasteiger partial charge on any atom is -0.314 e. The number of nitrogens with zero attached hydrogens (tertiary/aromatic N) is 2. The predicted molar refractivity (Wildman–Crippen MR) is 51.6 cm³/mol. The molecule has 1 aromatic heterocycles. The molecule has 72 valence electrons. The van der Waals surface area contributed by atoms with E-state index in [1.165, 1.54) is 11.3 Å². The van der Waals surface area contributed by atoms with Crippen LogP contribution in [-0.2, 0) is 7.05 Å². The third kappa shape index (κ3) is 1.59. The summed E-state index contributed by atoms with van der Waals surface area (Å²) in [6, 6.07) is 0.433. The molecule has 1 atom stereocenters. The van der Waals surface area contributed by atoms with Crippen molar-refractivity contribution in [2.24, 2.45) is 7.05 Å². The second-order valence-electron chi connectivity index (χ2n) is 3.52. The molecule has 0 radical (unpaired) electrons. The van der Waals surface area contributed by atoms with Crippen LogP contribution in [0.3, 0.4) is 0 Å². The second-order valence-corrected chi connectivity index (χ2v) is 3.52. The normalized spacial score (nSPS) is 23.4. The third-order valence-electron chi connectivity index (χ3n) is 2.69. The van der Waals surface area contributed by atoms with Gasteiger partial charge in [-0.15, -0.1) is 0 Å². The number of rotatable bonds is 1. The van der Waals surface area contributed by atoms with Crippen molar-refractivity contribution < 1.29 is 0 Å². The largest absolute Gasteiger partial charge is 0.314 e. The van der Waals surface area contributed by atoms with E-state index in [2.05, 4.69) is 22.7 Å². The van der Waals surface area contributed by atoms with Gasteiger partial charge in [-0.25, -0.2) is 0 Å². The van der Waals surface area contributed by atoms with Gasteiger partial charge in [-0.2, -0.15) is 5.10 Å². The lowest BCUT2D eigenvalue weighted by Gasteiger charge is -2.24. The van der Waals surface area contributed by atoms with E-state index in [1.807, 2.05) is 17.9 Å². The van der Waals surface area contributed by atoms with E-state index < -0.39 is 0 Å². The molecule has 0 amide bonds. The van der Waals surface area contributed by atoms with Crippen LogP contribution < -0.4 is 10.6 Å². The standard InChI is InChI=1S/C9H16N4/c1-7-8(5-12-13(7)2)9-6-10-3-4-11-9/h5,9-11H,3-4,6H2,1-2H3. The lowest BCUT2D eigenvalue weighted by atomic mass is 10.1. The fourth-order valence-corrected chi connectivity index (χ4v) is 1.73. The van der Waals surface area contributed by atoms with Crippen molar-refractivity contribution in [2.45, 2.75) is 13.0 Å². The smallest absolute Gasteiger partial charge is 0.0540 e. The molecular weight excluding hydrogens is 164 g/mol. The summed E-state index contributed by atoms with van der Waals surface area (Å²) in [7, 11) is 1.98. The Bertz CT molecular complexity index is 286. The summed E-state index contributed by atoms with van der Waals surface area (Å²) in [5, 5.41) is 11.1. The van der Waals surface area contributed by atoms with Crippen LogP contribution in [0.1, 0.15) is 17.3 Å². The zero-order valence-corrected chi connectivity index (χ0v) is 8.17. The van der Waals surface area contributed by atoms with Gasteiger partial charge in [0.2, 0.25) is 0 Å². The van der Waals surface area contributed by atoms with E-state index in [1.54, 1.807) is 0 Å². The number of aryl methyl sites for hydroxylation is 1. The molecule has 4 nitrogen and oxygen atoms in total. The first-order valence-electron chi connectivity index (χ1n) is 4.71. The first-order valence-corrected chi connectivity index (χ1v) is 4.71. The molecule has 2 rings (SSSR count). The van der Waals surface area contributed by atoms with Crippen LogP contribution >= 0.6 is 0 Å². The van der Waals surface area contributed by atoms with Crippen molar-refractivity contribution in [3.63, 3.8) is 0 Å². The van der Waals surface area contributed by atoms with Gasteiger partial charge in [-0.05, 0) is 6.92 Å². The molecule has 0 spiro atoms. The molecule has 2 heterocycles. The van der Waals surface area contributed by atoms with Crippen LogP contribution in [0.25, 0.3) is 0 Å². The van der Waals surface area contributed by atoms with Gasteiger partial charge < -0.3 is 10.6 Å². The minimum absolute atomic E-state index is 0.433. The SMILES string of the molecule is Cc1c(C2CNCCN2)cnn1C. The number of hydrogen-bond donors (Lipinski definition) is 2. The molecule has 0 saturated carbocycles. The van der Waals surface area contributed by atoms with Gasteiger partial charge in [-0.3, -0.25) is 4.68 Å². The maximum absolute atomic E-state index is 4.24. The van der Waals surface area contributed by atoms with Crippen molar-refractivity contribution in [1.82, 2.24) is 20.4 Å². The van der Waals surface area contributed by atoms with Crippen LogP contribution in [0, 0.1) is 6.92 Å². The van der Waals surface area contributed by atoms with Gasteiger partial charge >= 0.3 is 0 Å². The summed E-state index contributed by atoms with van der Waals surface area (Å²) < 4.78 is 1.92. The molecule has 1 aromatic rings. The molecular formula is C9H16N4. The Morgan fingerprint density at radius 3 is 2.92 bits per heavy atom. The quantitative estimate of drug-likeness (QED) is 0.637. The Morgan fingerprint density at radius 1 is 1.54 bits per heavy atom. The Labute approximate surface area is 78.3 Å². The Balaban J connectivity index is 2.18. The van der Waals surface area contributed by atoms with E-state index >= 15 is 0 Å². The monoisotopic (exact) mass is 180 g/mol. The zero-order valence-electron chi connectivity index (χ0n) is 8.17. The maximum Gasteiger partial charge on any atom is 0.0540 e. The fourth-order valence-electron chi connectivity index (χ4n) is 1.73. The van der Waals surface area contributed by atoms with Crippen LogP contribution in [0.15, 0.2) is 6.20 Å². The van der Waals surface area contributed by atoms with E-state index in [-0.39, 0.29) is 0 Å². The minimum atomic E-state index is 0.433. The Morgan fingerprint density at radius 2 is 2.38 bits per heavy atom. The summed E-state index contributed by atoms with van der Waals surface area (Å²) in [5.74, 6) is 0. The molecule has 1 fully saturated rings. The van der Waals surface area contributed by atoms with E-state index in [4.69, 9.17) is 0 Å². The third-order valence-corrected chi connectivity index (χ3v) is 2.69. The summed E-state index contributed by atoms with van der Waals surface area (Å²) in [4.78, 5) is 0. The van der Waals surface area contributed by atoms with Crippen LogP contribution in [0.2, 0.25) is 0 Å². The second kappa shape index (κ2) is 3.47. The highest BCUT2D eigenvalue weighted by molar-refractivity contribution is 5.21. The fraction of sp³-hybridized carbons (Fsp3) is 0.667. The average Bonchev–Trinajstić information content (AvgIpc) is 2.49. The summed E-state index contributed by atoms with van der Waals surface area (Å²) >= 11 is 0. The first kappa shape index (κ1) is 8.72. The van der Waals surface area contributed by atoms with Crippen molar-refractivity contribution >= 4 is 0 Å². The number of piperazine rings is 1. The van der Waals surface area contributed by atoms with Crippen molar-refractivity contribution in [1.29, 1.82) is 0 Å². The summed E-state index contributed by atoms with van der Waals surface area (Å²) in [6.07, 6.45) is 1.96. The van der Waals surface area contributed by atoms with E-state index in [9.17, 15) is 0 Å². The number of aromatic nitrogens is 2. The maximum atomic E-state index is 4.24. The molecule has 1 saturated heterocycles. The van der Waals surface area contributed by atoms with Crippen molar-refractivity contribution in [3.05, 3.63) is 17.5 Å². The summed E-state index contributed by atoms with van der Waals surface area (Å²) in [6.45, 7) is 5.22. The lowest BCUT2D eigenvalue weighted by molar-refractivity contribution is 0.428. The average molecular weight is 180 g/mol. The highest BCUT2D eigenvalue weighted by Gasteiger charge is 2.17. The van der Waals surface area contributed by atoms with Crippen LogP contribution in [0.5, 0.6) is 0 Å². The van der Waals surface area contributed by atoms with E-state index in [0.717, 1.165) is 19.6 Å². The van der Waals surface area contributed by atoms with Crippen molar-refractivity contribution in [2.75, 3.05) is 19.6 Å². The molecule has 0 aliphatic carbocycles. The molecule has 1 aliphatic heterocycles. The van der Waals surface area contributed by atoms with Gasteiger partial charge in [-0.1, -0.05) is 0 Å². The summed E-state index contributed by atoms with van der Waals surface area (Å²) in [5.41, 5.74) is 2.57. The molecule has 2 N–H and O–H groups in total. The van der Waals surface area contributed by atoms with Gasteiger partial charge in [0.05, 0.1) is 6.20 Å².